The SMILES string of the molecule is N#CNC(NCC(C(N)c1ccc(Cl)c(Cl)c1)N(CCN=[N+]=[N-])C(=O)[C@H]1CCCN1N)Nc1cccc(OCN=[N+]=[N-])c1. The Hall–Kier alpha value is -4.16. The number of rotatable bonds is 16. The minimum atomic E-state index is -0.813. The first-order chi connectivity index (χ1) is 20.8. The van der Waals surface area contributed by atoms with E-state index in [1.54, 1.807) is 47.4 Å². The lowest BCUT2D eigenvalue weighted by Crippen LogP contribution is -2.59. The van der Waals surface area contributed by atoms with E-state index in [9.17, 15) is 10.1 Å². The molecule has 2 aromatic carbocycles. The Labute approximate surface area is 258 Å². The highest BCUT2D eigenvalue weighted by Crippen LogP contribution is 2.28. The number of nitrogens with one attached hydrogen (secondary N) is 3. The van der Waals surface area contributed by atoms with Crippen LogP contribution in [0.1, 0.15) is 24.4 Å². The zero-order valence-electron chi connectivity index (χ0n) is 23.1. The number of hydrogen-bond acceptors (Lipinski definition) is 11. The van der Waals surface area contributed by atoms with Crippen LogP contribution in [0.5, 0.6) is 5.75 Å². The number of nitriles is 1. The van der Waals surface area contributed by atoms with Gasteiger partial charge in [-0.1, -0.05) is 45.6 Å². The predicted molar refractivity (Wildman–Crippen MR) is 162 cm³/mol. The Morgan fingerprint density at radius 1 is 1.23 bits per heavy atom. The quantitative estimate of drug-likeness (QED) is 0.0345. The van der Waals surface area contributed by atoms with E-state index in [2.05, 4.69) is 36.0 Å². The third-order valence-electron chi connectivity index (χ3n) is 6.75. The number of amides is 1. The molecule has 16 nitrogen and oxygen atoms in total. The summed E-state index contributed by atoms with van der Waals surface area (Å²) in [6.07, 6.45) is 2.41. The Morgan fingerprint density at radius 2 is 2.02 bits per heavy atom. The summed E-state index contributed by atoms with van der Waals surface area (Å²) in [6, 6.07) is 9.72. The zero-order valence-corrected chi connectivity index (χ0v) is 24.6. The van der Waals surface area contributed by atoms with Crippen LogP contribution < -0.4 is 32.3 Å². The van der Waals surface area contributed by atoms with Gasteiger partial charge in [-0.05, 0) is 53.7 Å². The molecule has 228 valence electrons. The normalized spacial score (nSPS) is 16.5. The van der Waals surface area contributed by atoms with Crippen LogP contribution in [0.25, 0.3) is 20.9 Å². The van der Waals surface area contributed by atoms with Gasteiger partial charge in [-0.2, -0.15) is 5.26 Å². The van der Waals surface area contributed by atoms with Crippen molar-refractivity contribution in [2.24, 2.45) is 21.8 Å². The fraction of sp³-hybridized carbons (Fsp3) is 0.440. The molecule has 1 aliphatic heterocycles. The maximum absolute atomic E-state index is 13.9. The number of carbonyl (C=O) groups is 1. The second kappa shape index (κ2) is 17.1. The lowest BCUT2D eigenvalue weighted by atomic mass is 9.97. The van der Waals surface area contributed by atoms with Crippen molar-refractivity contribution in [3.05, 3.63) is 79.0 Å². The van der Waals surface area contributed by atoms with Crippen molar-refractivity contribution >= 4 is 34.8 Å². The Morgan fingerprint density at radius 3 is 2.70 bits per heavy atom. The molecule has 0 spiro atoms. The van der Waals surface area contributed by atoms with Gasteiger partial charge in [0.1, 0.15) is 11.8 Å². The first-order valence-electron chi connectivity index (χ1n) is 13.2. The summed E-state index contributed by atoms with van der Waals surface area (Å²) >= 11 is 12.4. The number of hydrogen-bond donors (Lipinski definition) is 5. The minimum absolute atomic E-state index is 0.00485. The van der Waals surface area contributed by atoms with Gasteiger partial charge >= 0.3 is 0 Å². The van der Waals surface area contributed by atoms with E-state index in [4.69, 9.17) is 50.6 Å². The molecule has 4 atom stereocenters. The van der Waals surface area contributed by atoms with Gasteiger partial charge in [0.2, 0.25) is 5.91 Å². The van der Waals surface area contributed by atoms with E-state index in [1.807, 2.05) is 6.19 Å². The van der Waals surface area contributed by atoms with Crippen molar-refractivity contribution < 1.29 is 9.53 Å². The van der Waals surface area contributed by atoms with Crippen molar-refractivity contribution in [3.8, 4) is 11.9 Å². The largest absolute Gasteiger partial charge is 0.487 e. The van der Waals surface area contributed by atoms with Gasteiger partial charge in [0, 0.05) is 47.8 Å². The number of halogens is 2. The molecule has 3 unspecified atom stereocenters. The average molecular weight is 632 g/mol. The molecule has 0 bridgehead atoms. The first-order valence-corrected chi connectivity index (χ1v) is 14.0. The molecule has 1 saturated heterocycles. The van der Waals surface area contributed by atoms with Crippen molar-refractivity contribution in [2.75, 3.05) is 38.2 Å². The molecule has 2 aromatic rings. The van der Waals surface area contributed by atoms with Crippen molar-refractivity contribution in [3.63, 3.8) is 0 Å². The summed E-state index contributed by atoms with van der Waals surface area (Å²) in [4.78, 5) is 20.9. The summed E-state index contributed by atoms with van der Waals surface area (Å²) in [5.74, 6) is 6.30. The molecule has 18 heteroatoms. The lowest BCUT2D eigenvalue weighted by Gasteiger charge is -2.39. The molecule has 1 heterocycles. The maximum atomic E-state index is 13.9. The van der Waals surface area contributed by atoms with E-state index in [-0.39, 0.29) is 32.3 Å². The van der Waals surface area contributed by atoms with Crippen LogP contribution in [-0.4, -0.2) is 67.1 Å². The first kappa shape index (κ1) is 33.3. The number of azide groups is 2. The van der Waals surface area contributed by atoms with Gasteiger partial charge in [0.25, 0.3) is 0 Å². The standard InChI is InChI=1S/C25H32Cl2N14O2/c26-19-7-6-16(11-20(19)27)23(29)22(40(10-8-35-38-30)24(42)21-5-2-9-41(21)32)13-33-25(34-14-28)37-17-3-1-4-18(12-17)43-15-36-39-31/h1,3-4,6-7,11-12,21-23,25,33-34,37H,2,5,8-10,13,15,29,32H2/t21-,22?,23?,25?/m1/s1. The van der Waals surface area contributed by atoms with Crippen LogP contribution in [0.15, 0.2) is 52.7 Å². The second-order valence-corrected chi connectivity index (χ2v) is 10.2. The molecule has 1 fully saturated rings. The lowest BCUT2D eigenvalue weighted by molar-refractivity contribution is -0.138. The van der Waals surface area contributed by atoms with Crippen LogP contribution in [0, 0.1) is 11.5 Å². The minimum Gasteiger partial charge on any atom is -0.487 e. The van der Waals surface area contributed by atoms with Gasteiger partial charge in [-0.25, -0.2) is 5.01 Å². The van der Waals surface area contributed by atoms with Crippen LogP contribution in [0.4, 0.5) is 5.69 Å². The summed E-state index contributed by atoms with van der Waals surface area (Å²) in [5.41, 5.74) is 25.3. The fourth-order valence-corrected chi connectivity index (χ4v) is 4.97. The summed E-state index contributed by atoms with van der Waals surface area (Å²) < 4.78 is 5.39. The monoisotopic (exact) mass is 630 g/mol. The number of hydrazine groups is 1. The fourth-order valence-electron chi connectivity index (χ4n) is 4.67. The molecule has 1 aliphatic rings. The van der Waals surface area contributed by atoms with Crippen molar-refractivity contribution in [1.82, 2.24) is 20.5 Å². The number of nitrogens with two attached hydrogens (primary N) is 2. The molecule has 0 saturated carbocycles. The molecule has 43 heavy (non-hydrogen) atoms. The molecule has 1 amide bonds. The average Bonchev–Trinajstić information content (AvgIpc) is 3.43. The molecule has 0 radical (unpaired) electrons. The van der Waals surface area contributed by atoms with Crippen LogP contribution in [0.3, 0.4) is 0 Å². The van der Waals surface area contributed by atoms with Crippen LogP contribution in [-0.2, 0) is 4.79 Å². The van der Waals surface area contributed by atoms with Crippen LogP contribution >= 0.6 is 23.2 Å². The Balaban J connectivity index is 1.90. The molecule has 7 N–H and O–H groups in total. The topological polar surface area (TPSA) is 242 Å². The third kappa shape index (κ3) is 9.69. The second-order valence-electron chi connectivity index (χ2n) is 9.42. The Kier molecular flexibility index (Phi) is 13.2. The van der Waals surface area contributed by atoms with Crippen LogP contribution in [0.2, 0.25) is 10.0 Å². The number of ether oxygens (including phenoxy) is 1. The Bertz CT molecular complexity index is 1380. The smallest absolute Gasteiger partial charge is 0.241 e. The van der Waals surface area contributed by atoms with Gasteiger partial charge in [-0.3, -0.25) is 21.3 Å². The van der Waals surface area contributed by atoms with Crippen molar-refractivity contribution in [1.29, 1.82) is 5.26 Å². The van der Waals surface area contributed by atoms with E-state index >= 15 is 0 Å². The molecule has 3 rings (SSSR count). The summed E-state index contributed by atoms with van der Waals surface area (Å²) in [7, 11) is 0. The number of anilines is 1. The highest BCUT2D eigenvalue weighted by molar-refractivity contribution is 6.42. The van der Waals surface area contributed by atoms with Gasteiger partial charge in [0.15, 0.2) is 19.2 Å². The van der Waals surface area contributed by atoms with Gasteiger partial charge < -0.3 is 20.7 Å². The zero-order chi connectivity index (χ0) is 31.2. The molecule has 0 aromatic heterocycles. The number of benzene rings is 2. The van der Waals surface area contributed by atoms with E-state index in [1.165, 1.54) is 5.01 Å². The highest BCUT2D eigenvalue weighted by Gasteiger charge is 2.37. The van der Waals surface area contributed by atoms with E-state index < -0.39 is 24.4 Å². The van der Waals surface area contributed by atoms with Gasteiger partial charge in [-0.15, -0.1) is 0 Å². The number of carbonyl (C=O) groups excluding carboxylic acids is 1. The maximum Gasteiger partial charge on any atom is 0.241 e. The third-order valence-corrected chi connectivity index (χ3v) is 7.49. The molecular weight excluding hydrogens is 599 g/mol. The van der Waals surface area contributed by atoms with E-state index in [0.717, 1.165) is 6.42 Å². The number of nitrogens with zero attached hydrogens (tertiary/aromatic N) is 9. The molecule has 0 aliphatic carbocycles. The highest BCUT2D eigenvalue weighted by atomic mass is 35.5. The summed E-state index contributed by atoms with van der Waals surface area (Å²) in [5, 5.41) is 27.5. The van der Waals surface area contributed by atoms with Gasteiger partial charge in [0.05, 0.1) is 22.1 Å². The summed E-state index contributed by atoms with van der Waals surface area (Å²) in [6.45, 7) is 0.535. The molecular formula is C25H32Cl2N14O2. The predicted octanol–water partition coefficient (Wildman–Crippen LogP) is 3.54. The van der Waals surface area contributed by atoms with Crippen molar-refractivity contribution in [2.45, 2.75) is 37.3 Å². The van der Waals surface area contributed by atoms with E-state index in [0.29, 0.717) is 40.0 Å².